The molecule has 3 rings (SSSR count). The van der Waals surface area contributed by atoms with Crippen LogP contribution < -0.4 is 15.5 Å². The van der Waals surface area contributed by atoms with E-state index in [1.165, 1.54) is 18.2 Å². The highest BCUT2D eigenvalue weighted by molar-refractivity contribution is 5.99. The molecule has 0 saturated carbocycles. The van der Waals surface area contributed by atoms with Gasteiger partial charge in [0, 0.05) is 38.3 Å². The van der Waals surface area contributed by atoms with Crippen molar-refractivity contribution in [2.75, 3.05) is 41.7 Å². The lowest BCUT2D eigenvalue weighted by atomic mass is 10.1. The minimum absolute atomic E-state index is 0.0750. The number of benzene rings is 2. The number of nitrogens with zero attached hydrogens (tertiary/aromatic N) is 2. The van der Waals surface area contributed by atoms with E-state index in [1.54, 1.807) is 12.1 Å². The van der Waals surface area contributed by atoms with Crippen LogP contribution in [0.5, 0.6) is 0 Å². The van der Waals surface area contributed by atoms with E-state index in [2.05, 4.69) is 58.5 Å². The van der Waals surface area contributed by atoms with Crippen LogP contribution in [0.25, 0.3) is 0 Å². The van der Waals surface area contributed by atoms with Crippen LogP contribution in [0.4, 0.5) is 17.1 Å². The molecule has 0 aromatic heterocycles. The Morgan fingerprint density at radius 1 is 1.00 bits per heavy atom. The summed E-state index contributed by atoms with van der Waals surface area (Å²) < 4.78 is 0. The normalized spacial score (nSPS) is 17.2. The molecule has 0 spiro atoms. The largest absolute Gasteiger partial charge is 0.368 e. The molecule has 1 aliphatic rings. The zero-order valence-corrected chi connectivity index (χ0v) is 16.7. The van der Waals surface area contributed by atoms with Gasteiger partial charge in [0.2, 0.25) is 11.8 Å². The van der Waals surface area contributed by atoms with Gasteiger partial charge >= 0.3 is 0 Å². The number of para-hydroxylation sites is 3. The first-order valence-corrected chi connectivity index (χ1v) is 9.65. The van der Waals surface area contributed by atoms with Crippen LogP contribution in [-0.4, -0.2) is 48.9 Å². The Morgan fingerprint density at radius 2 is 1.64 bits per heavy atom. The van der Waals surface area contributed by atoms with Crippen molar-refractivity contribution in [3.8, 4) is 0 Å². The number of piperazine rings is 1. The molecule has 6 heteroatoms. The zero-order chi connectivity index (χ0) is 20.1. The second-order valence-corrected chi connectivity index (χ2v) is 7.33. The van der Waals surface area contributed by atoms with E-state index < -0.39 is 0 Å². The fraction of sp³-hybridized carbons (Fsp3) is 0.364. The highest BCUT2D eigenvalue weighted by atomic mass is 16.2. The number of anilines is 3. The molecule has 2 N–H and O–H groups in total. The van der Waals surface area contributed by atoms with E-state index in [1.807, 2.05) is 12.1 Å². The van der Waals surface area contributed by atoms with Gasteiger partial charge in [-0.05, 0) is 37.6 Å². The van der Waals surface area contributed by atoms with E-state index in [0.717, 1.165) is 19.6 Å². The van der Waals surface area contributed by atoms with Gasteiger partial charge in [-0.1, -0.05) is 30.3 Å². The van der Waals surface area contributed by atoms with Gasteiger partial charge in [-0.15, -0.1) is 0 Å². The van der Waals surface area contributed by atoms with Crippen molar-refractivity contribution in [2.24, 2.45) is 0 Å². The average Bonchev–Trinajstić information content (AvgIpc) is 2.65. The fourth-order valence-corrected chi connectivity index (χ4v) is 3.63. The molecule has 0 unspecified atom stereocenters. The van der Waals surface area contributed by atoms with Crippen LogP contribution in [0.15, 0.2) is 48.5 Å². The van der Waals surface area contributed by atoms with Gasteiger partial charge < -0.3 is 15.5 Å². The Kier molecular flexibility index (Phi) is 6.31. The molecular formula is C22H28N4O2. The van der Waals surface area contributed by atoms with E-state index in [-0.39, 0.29) is 17.9 Å². The highest BCUT2D eigenvalue weighted by Gasteiger charge is 2.26. The van der Waals surface area contributed by atoms with Crippen molar-refractivity contribution >= 4 is 28.9 Å². The van der Waals surface area contributed by atoms with Gasteiger partial charge in [0.1, 0.15) is 0 Å². The second kappa shape index (κ2) is 8.89. The summed E-state index contributed by atoms with van der Waals surface area (Å²) in [5, 5.41) is 5.67. The predicted molar refractivity (Wildman–Crippen MR) is 114 cm³/mol. The summed E-state index contributed by atoms with van der Waals surface area (Å²) in [5.74, 6) is -0.239. The maximum atomic E-state index is 12.6. The first-order chi connectivity index (χ1) is 13.4. The minimum Gasteiger partial charge on any atom is -0.368 e. The molecule has 2 aromatic rings. The first-order valence-electron chi connectivity index (χ1n) is 9.65. The van der Waals surface area contributed by atoms with Gasteiger partial charge in [-0.3, -0.25) is 14.5 Å². The first kappa shape index (κ1) is 19.9. The molecule has 2 aromatic carbocycles. The quantitative estimate of drug-likeness (QED) is 0.837. The summed E-state index contributed by atoms with van der Waals surface area (Å²) in [6, 6.07) is 15.9. The van der Waals surface area contributed by atoms with Crippen LogP contribution in [0.3, 0.4) is 0 Å². The Morgan fingerprint density at radius 3 is 2.29 bits per heavy atom. The smallest absolute Gasteiger partial charge is 0.238 e. The molecule has 148 valence electrons. The summed E-state index contributed by atoms with van der Waals surface area (Å²) >= 11 is 0. The minimum atomic E-state index is -0.164. The number of amides is 2. The van der Waals surface area contributed by atoms with E-state index in [0.29, 0.717) is 17.9 Å². The fourth-order valence-electron chi connectivity index (χ4n) is 3.63. The molecule has 28 heavy (non-hydrogen) atoms. The molecule has 1 aliphatic heterocycles. The van der Waals surface area contributed by atoms with Crippen molar-refractivity contribution in [3.05, 3.63) is 54.1 Å². The number of carbonyl (C=O) groups excluding carboxylic acids is 2. The van der Waals surface area contributed by atoms with Crippen LogP contribution in [0, 0.1) is 6.92 Å². The summed E-state index contributed by atoms with van der Waals surface area (Å²) in [6.45, 7) is 8.68. The van der Waals surface area contributed by atoms with Gasteiger partial charge in [-0.2, -0.15) is 0 Å². The molecule has 0 bridgehead atoms. The third-order valence-electron chi connectivity index (χ3n) is 5.08. The maximum Gasteiger partial charge on any atom is 0.238 e. The summed E-state index contributed by atoms with van der Waals surface area (Å²) in [4.78, 5) is 28.5. The topological polar surface area (TPSA) is 64.7 Å². The van der Waals surface area contributed by atoms with E-state index >= 15 is 0 Å². The van der Waals surface area contributed by atoms with Crippen LogP contribution in [0.2, 0.25) is 0 Å². The van der Waals surface area contributed by atoms with Crippen molar-refractivity contribution in [1.82, 2.24) is 4.90 Å². The lowest BCUT2D eigenvalue weighted by Gasteiger charge is -2.41. The summed E-state index contributed by atoms with van der Waals surface area (Å²) in [5.41, 5.74) is 3.77. The second-order valence-electron chi connectivity index (χ2n) is 7.33. The average molecular weight is 380 g/mol. The molecule has 0 aliphatic carbocycles. The maximum absolute atomic E-state index is 12.6. The van der Waals surface area contributed by atoms with Crippen LogP contribution in [-0.2, 0) is 9.59 Å². The molecular weight excluding hydrogens is 352 g/mol. The number of carbonyl (C=O) groups is 2. The zero-order valence-electron chi connectivity index (χ0n) is 16.7. The standard InChI is InChI=1S/C22H28N4O2/c1-16-8-4-7-11-21(16)26-13-12-25(17(2)14-26)15-22(28)24-20-10-6-5-9-19(20)23-18(3)27/h4-11,17H,12-15H2,1-3H3,(H,23,27)(H,24,28)/t17-/m0/s1. The highest BCUT2D eigenvalue weighted by Crippen LogP contribution is 2.23. The summed E-state index contributed by atoms with van der Waals surface area (Å²) in [7, 11) is 0. The molecule has 6 nitrogen and oxygen atoms in total. The molecule has 0 radical (unpaired) electrons. The van der Waals surface area contributed by atoms with Gasteiger partial charge in [0.25, 0.3) is 0 Å². The number of hydrogen-bond acceptors (Lipinski definition) is 4. The lowest BCUT2D eigenvalue weighted by Crippen LogP contribution is -2.54. The van der Waals surface area contributed by atoms with Gasteiger partial charge in [-0.25, -0.2) is 0 Å². The Balaban J connectivity index is 1.59. The Hall–Kier alpha value is -2.86. The van der Waals surface area contributed by atoms with E-state index in [4.69, 9.17) is 0 Å². The van der Waals surface area contributed by atoms with Gasteiger partial charge in [0.15, 0.2) is 0 Å². The third-order valence-corrected chi connectivity index (χ3v) is 5.08. The molecule has 1 fully saturated rings. The molecule has 1 atom stereocenters. The SMILES string of the molecule is CC(=O)Nc1ccccc1NC(=O)CN1CCN(c2ccccc2C)C[C@@H]1C. The predicted octanol–water partition coefficient (Wildman–Crippen LogP) is 3.10. The molecule has 1 heterocycles. The van der Waals surface area contributed by atoms with Crippen molar-refractivity contribution < 1.29 is 9.59 Å². The number of rotatable bonds is 5. The van der Waals surface area contributed by atoms with Crippen molar-refractivity contribution in [1.29, 1.82) is 0 Å². The molecule has 1 saturated heterocycles. The monoisotopic (exact) mass is 380 g/mol. The third kappa shape index (κ3) is 4.89. The van der Waals surface area contributed by atoms with Crippen molar-refractivity contribution in [3.63, 3.8) is 0 Å². The number of aryl methyl sites for hydroxylation is 1. The Labute approximate surface area is 166 Å². The van der Waals surface area contributed by atoms with Crippen molar-refractivity contribution in [2.45, 2.75) is 26.8 Å². The number of hydrogen-bond donors (Lipinski definition) is 2. The van der Waals surface area contributed by atoms with E-state index in [9.17, 15) is 9.59 Å². The summed E-state index contributed by atoms with van der Waals surface area (Å²) in [6.07, 6.45) is 0. The lowest BCUT2D eigenvalue weighted by molar-refractivity contribution is -0.118. The van der Waals surface area contributed by atoms with Crippen LogP contribution >= 0.6 is 0 Å². The number of nitrogens with one attached hydrogen (secondary N) is 2. The molecule has 2 amide bonds. The Bertz CT molecular complexity index is 852. The van der Waals surface area contributed by atoms with Crippen LogP contribution in [0.1, 0.15) is 19.4 Å². The van der Waals surface area contributed by atoms with Gasteiger partial charge in [0.05, 0.1) is 17.9 Å².